The molecule has 2 fully saturated rings. The van der Waals surface area contributed by atoms with E-state index in [9.17, 15) is 0 Å². The zero-order valence-corrected chi connectivity index (χ0v) is 14.1. The highest BCUT2D eigenvalue weighted by molar-refractivity contribution is 5.89. The third-order valence-electron chi connectivity index (χ3n) is 5.49. The largest absolute Gasteiger partial charge is 0.369 e. The molecule has 1 unspecified atom stereocenters. The Morgan fingerprint density at radius 3 is 2.78 bits per heavy atom. The van der Waals surface area contributed by atoms with Gasteiger partial charge in [-0.15, -0.1) is 0 Å². The number of hydrogen-bond donors (Lipinski definition) is 0. The minimum absolute atomic E-state index is 0.689. The lowest BCUT2D eigenvalue weighted by molar-refractivity contribution is 0.107. The molecule has 2 saturated heterocycles. The van der Waals surface area contributed by atoms with E-state index in [1.165, 1.54) is 50.2 Å². The molecule has 1 atom stereocenters. The van der Waals surface area contributed by atoms with Gasteiger partial charge in [0.2, 0.25) is 0 Å². The van der Waals surface area contributed by atoms with Crippen molar-refractivity contribution in [3.05, 3.63) is 18.5 Å². The van der Waals surface area contributed by atoms with Crippen LogP contribution in [0.1, 0.15) is 13.3 Å². The molecule has 0 spiro atoms. The van der Waals surface area contributed by atoms with Gasteiger partial charge < -0.3 is 9.80 Å². The molecule has 4 rings (SSSR count). The lowest BCUT2D eigenvalue weighted by Gasteiger charge is -2.37. The monoisotopic (exact) mass is 314 g/mol. The highest BCUT2D eigenvalue weighted by Gasteiger charge is 2.30. The number of hydrogen-bond acceptors (Lipinski definition) is 5. The number of anilines is 1. The molecule has 4 heterocycles. The molecular formula is C17H26N6. The summed E-state index contributed by atoms with van der Waals surface area (Å²) < 4.78 is 1.86. The van der Waals surface area contributed by atoms with Crippen LogP contribution >= 0.6 is 0 Å². The number of nitrogens with zero attached hydrogens (tertiary/aromatic N) is 6. The van der Waals surface area contributed by atoms with Crippen LogP contribution in [0.3, 0.4) is 0 Å². The molecule has 0 bridgehead atoms. The first-order valence-corrected chi connectivity index (χ1v) is 8.74. The van der Waals surface area contributed by atoms with Crippen LogP contribution in [0.15, 0.2) is 18.5 Å². The maximum Gasteiger partial charge on any atom is 0.159 e. The Morgan fingerprint density at radius 2 is 2.00 bits per heavy atom. The molecule has 2 aromatic heterocycles. The van der Waals surface area contributed by atoms with Crippen LogP contribution in [0.25, 0.3) is 11.0 Å². The van der Waals surface area contributed by atoms with Crippen LogP contribution in [0.5, 0.6) is 0 Å². The lowest BCUT2D eigenvalue weighted by atomic mass is 10.2. The van der Waals surface area contributed by atoms with Gasteiger partial charge in [0.25, 0.3) is 0 Å². The Hall–Kier alpha value is -1.66. The first-order valence-electron chi connectivity index (χ1n) is 8.74. The van der Waals surface area contributed by atoms with Crippen molar-refractivity contribution < 1.29 is 0 Å². The number of fused-ring (bicyclic) bond motifs is 1. The van der Waals surface area contributed by atoms with E-state index in [4.69, 9.17) is 0 Å². The molecule has 0 N–H and O–H groups in total. The van der Waals surface area contributed by atoms with E-state index in [0.29, 0.717) is 6.04 Å². The van der Waals surface area contributed by atoms with Gasteiger partial charge in [-0.3, -0.25) is 9.58 Å². The van der Waals surface area contributed by atoms with Gasteiger partial charge in [-0.05, 0) is 19.0 Å². The predicted octanol–water partition coefficient (Wildman–Crippen LogP) is 1.18. The van der Waals surface area contributed by atoms with E-state index in [1.54, 1.807) is 0 Å². The Kier molecular flexibility index (Phi) is 3.95. The van der Waals surface area contributed by atoms with Gasteiger partial charge in [0.05, 0.1) is 17.3 Å². The summed E-state index contributed by atoms with van der Waals surface area (Å²) in [6, 6.07) is 2.83. The van der Waals surface area contributed by atoms with Crippen molar-refractivity contribution in [3.63, 3.8) is 0 Å². The van der Waals surface area contributed by atoms with Gasteiger partial charge in [-0.1, -0.05) is 6.92 Å². The van der Waals surface area contributed by atoms with Crippen LogP contribution in [0.4, 0.5) is 5.69 Å². The summed E-state index contributed by atoms with van der Waals surface area (Å²) in [6.45, 7) is 10.6. The van der Waals surface area contributed by atoms with Crippen LogP contribution < -0.4 is 4.90 Å². The van der Waals surface area contributed by atoms with E-state index in [2.05, 4.69) is 37.8 Å². The van der Waals surface area contributed by atoms with Crippen molar-refractivity contribution in [2.24, 2.45) is 7.05 Å². The van der Waals surface area contributed by atoms with Crippen molar-refractivity contribution in [1.82, 2.24) is 24.6 Å². The number of pyridine rings is 1. The number of piperazine rings is 1. The molecular weight excluding hydrogens is 288 g/mol. The minimum Gasteiger partial charge on any atom is -0.369 e. The summed E-state index contributed by atoms with van der Waals surface area (Å²) in [5.41, 5.74) is 2.26. The first kappa shape index (κ1) is 14.9. The van der Waals surface area contributed by atoms with E-state index in [1.807, 2.05) is 24.1 Å². The van der Waals surface area contributed by atoms with Crippen LogP contribution in [-0.2, 0) is 7.05 Å². The van der Waals surface area contributed by atoms with E-state index >= 15 is 0 Å². The van der Waals surface area contributed by atoms with E-state index in [0.717, 1.165) is 18.7 Å². The van der Waals surface area contributed by atoms with Crippen molar-refractivity contribution in [2.45, 2.75) is 19.4 Å². The molecule has 0 aliphatic carbocycles. The average Bonchev–Trinajstić information content (AvgIpc) is 3.22. The second-order valence-electron chi connectivity index (χ2n) is 6.69. The Bertz CT molecular complexity index is 673. The summed E-state index contributed by atoms with van der Waals surface area (Å²) in [7, 11) is 1.96. The molecule has 124 valence electrons. The summed E-state index contributed by atoms with van der Waals surface area (Å²) in [4.78, 5) is 12.2. The molecule has 0 radical (unpaired) electrons. The molecule has 0 aromatic carbocycles. The molecule has 2 aliphatic rings. The Morgan fingerprint density at radius 1 is 1.17 bits per heavy atom. The van der Waals surface area contributed by atoms with Gasteiger partial charge in [0.1, 0.15) is 0 Å². The van der Waals surface area contributed by atoms with E-state index in [-0.39, 0.29) is 0 Å². The fourth-order valence-electron chi connectivity index (χ4n) is 4.01. The van der Waals surface area contributed by atoms with Crippen LogP contribution in [0.2, 0.25) is 0 Å². The van der Waals surface area contributed by atoms with Crippen molar-refractivity contribution >= 4 is 16.7 Å². The quantitative estimate of drug-likeness (QED) is 0.851. The van der Waals surface area contributed by atoms with Gasteiger partial charge in [0.15, 0.2) is 5.65 Å². The molecule has 0 saturated carbocycles. The smallest absolute Gasteiger partial charge is 0.159 e. The fraction of sp³-hybridized carbons (Fsp3) is 0.647. The number of aryl methyl sites for hydroxylation is 1. The summed E-state index contributed by atoms with van der Waals surface area (Å²) >= 11 is 0. The third kappa shape index (κ3) is 2.70. The minimum atomic E-state index is 0.689. The fourth-order valence-corrected chi connectivity index (χ4v) is 4.01. The van der Waals surface area contributed by atoms with Gasteiger partial charge >= 0.3 is 0 Å². The summed E-state index contributed by atoms with van der Waals surface area (Å²) in [5.74, 6) is 0. The predicted molar refractivity (Wildman–Crippen MR) is 92.8 cm³/mol. The van der Waals surface area contributed by atoms with Gasteiger partial charge in [-0.25, -0.2) is 4.98 Å². The Labute approximate surface area is 137 Å². The highest BCUT2D eigenvalue weighted by Crippen LogP contribution is 2.29. The lowest BCUT2D eigenvalue weighted by Crippen LogP contribution is -2.50. The molecule has 6 heteroatoms. The molecule has 2 aliphatic heterocycles. The zero-order chi connectivity index (χ0) is 15.8. The van der Waals surface area contributed by atoms with Crippen molar-refractivity contribution in [3.8, 4) is 0 Å². The number of aromatic nitrogens is 3. The third-order valence-corrected chi connectivity index (χ3v) is 5.49. The highest BCUT2D eigenvalue weighted by atomic mass is 15.3. The second-order valence-corrected chi connectivity index (χ2v) is 6.69. The van der Waals surface area contributed by atoms with Crippen molar-refractivity contribution in [1.29, 1.82) is 0 Å². The Balaban J connectivity index is 1.48. The number of rotatable bonds is 3. The first-order chi connectivity index (χ1) is 11.3. The number of likely N-dealkylation sites (N-methyl/N-ethyl adjacent to an activating group) is 1. The van der Waals surface area contributed by atoms with Crippen LogP contribution in [0, 0.1) is 0 Å². The van der Waals surface area contributed by atoms with Crippen LogP contribution in [-0.4, -0.2) is 76.4 Å². The topological polar surface area (TPSA) is 40.4 Å². The SMILES string of the molecule is CCN1CCN(C2CCN(c3ccnc4c3cnn4C)C2)CC1. The van der Waals surface area contributed by atoms with Gasteiger partial charge in [-0.2, -0.15) is 5.10 Å². The molecule has 0 amide bonds. The normalized spacial score (nSPS) is 23.9. The summed E-state index contributed by atoms with van der Waals surface area (Å²) in [6.07, 6.45) is 5.12. The maximum atomic E-state index is 4.46. The van der Waals surface area contributed by atoms with Gasteiger partial charge in [0, 0.05) is 58.6 Å². The standard InChI is InChI=1S/C17H26N6/c1-3-21-8-10-22(11-9-21)14-5-7-23(13-14)16-4-6-18-17-15(16)12-19-20(17)2/h4,6,12,14H,3,5,7-11,13H2,1-2H3. The molecule has 2 aromatic rings. The maximum absolute atomic E-state index is 4.46. The van der Waals surface area contributed by atoms with Crippen molar-refractivity contribution in [2.75, 3.05) is 50.7 Å². The second kappa shape index (κ2) is 6.09. The average molecular weight is 314 g/mol. The zero-order valence-electron chi connectivity index (χ0n) is 14.1. The van der Waals surface area contributed by atoms with E-state index < -0.39 is 0 Å². The molecule has 6 nitrogen and oxygen atoms in total. The summed E-state index contributed by atoms with van der Waals surface area (Å²) in [5, 5.41) is 5.54. The molecule has 23 heavy (non-hydrogen) atoms.